The van der Waals surface area contributed by atoms with E-state index in [0.717, 1.165) is 10.6 Å². The van der Waals surface area contributed by atoms with Gasteiger partial charge in [0.15, 0.2) is 0 Å². The molecule has 20 heavy (non-hydrogen) atoms. The Bertz CT molecular complexity index is 488. The first kappa shape index (κ1) is 16.7. The Hall–Kier alpha value is -1.31. The molecule has 4 nitrogen and oxygen atoms in total. The van der Waals surface area contributed by atoms with E-state index in [4.69, 9.17) is 42.4 Å². The van der Waals surface area contributed by atoms with Crippen LogP contribution >= 0.6 is 36.7 Å². The molecule has 1 aromatic rings. The summed E-state index contributed by atoms with van der Waals surface area (Å²) in [5, 5.41) is 15.4. The van der Waals surface area contributed by atoms with E-state index < -0.39 is 0 Å². The lowest BCUT2D eigenvalue weighted by Gasteiger charge is -2.10. The van der Waals surface area contributed by atoms with Crippen LogP contribution in [0.15, 0.2) is 24.3 Å². The minimum Gasteiger partial charge on any atom is -0.508 e. The maximum atomic E-state index is 9.20. The predicted molar refractivity (Wildman–Crippen MR) is 94.4 cm³/mol. The summed E-state index contributed by atoms with van der Waals surface area (Å²) in [7, 11) is 0. The molecule has 0 aliphatic rings. The lowest BCUT2D eigenvalue weighted by atomic mass is 10.2. The maximum Gasteiger partial charge on any atom is 0.115 e. The summed E-state index contributed by atoms with van der Waals surface area (Å²) in [5.41, 5.74) is 6.26. The molecule has 0 saturated carbocycles. The number of hydrogen-bond acceptors (Lipinski definition) is 4. The summed E-state index contributed by atoms with van der Waals surface area (Å²) >= 11 is 15.2. The van der Waals surface area contributed by atoms with Crippen LogP contribution in [0.2, 0.25) is 0 Å². The molecule has 0 aliphatic carbocycles. The fourth-order valence-corrected chi connectivity index (χ4v) is 1.96. The van der Waals surface area contributed by atoms with Crippen LogP contribution in [0.4, 0.5) is 0 Å². The Morgan fingerprint density at radius 1 is 1.00 bits per heavy atom. The smallest absolute Gasteiger partial charge is 0.115 e. The third kappa shape index (κ3) is 6.74. The summed E-state index contributed by atoms with van der Waals surface area (Å²) in [6.07, 6.45) is 1.32. The molecule has 1 rings (SSSR count). The molecule has 5 N–H and O–H groups in total. The summed E-state index contributed by atoms with van der Waals surface area (Å²) in [6, 6.07) is 6.74. The first-order valence-corrected chi connectivity index (χ1v) is 7.33. The zero-order valence-electron chi connectivity index (χ0n) is 10.9. The van der Waals surface area contributed by atoms with E-state index in [-0.39, 0.29) is 5.75 Å². The first-order valence-electron chi connectivity index (χ1n) is 6.11. The van der Waals surface area contributed by atoms with Crippen LogP contribution in [-0.2, 0) is 0 Å². The van der Waals surface area contributed by atoms with Gasteiger partial charge < -0.3 is 21.5 Å². The van der Waals surface area contributed by atoms with E-state index in [9.17, 15) is 5.11 Å². The number of aromatic hydroxyl groups is 1. The molecule has 7 heteroatoms. The molecule has 0 saturated heterocycles. The van der Waals surface area contributed by atoms with Crippen molar-refractivity contribution >= 4 is 51.6 Å². The van der Waals surface area contributed by atoms with Gasteiger partial charge in [0.05, 0.1) is 9.98 Å². The largest absolute Gasteiger partial charge is 0.508 e. The second-order valence-electron chi connectivity index (χ2n) is 4.12. The van der Waals surface area contributed by atoms with Gasteiger partial charge in [0.2, 0.25) is 0 Å². The highest BCUT2D eigenvalue weighted by Crippen LogP contribution is 2.09. The summed E-state index contributed by atoms with van der Waals surface area (Å²) in [6.45, 7) is 1.31. The number of rotatable bonds is 7. The Balaban J connectivity index is 2.23. The lowest BCUT2D eigenvalue weighted by molar-refractivity contribution is 0.475. The average Bonchev–Trinajstić information content (AvgIpc) is 2.39. The minimum atomic E-state index is 0.222. The van der Waals surface area contributed by atoms with Gasteiger partial charge in [-0.25, -0.2) is 0 Å². The van der Waals surface area contributed by atoms with Gasteiger partial charge in [0, 0.05) is 31.5 Å². The van der Waals surface area contributed by atoms with Crippen molar-refractivity contribution in [2.75, 3.05) is 13.1 Å². The number of nitrogens with one attached hydrogen (secondary N) is 2. The zero-order valence-corrected chi connectivity index (χ0v) is 13.3. The number of thiocarbonyl (C=S) groups is 3. The summed E-state index contributed by atoms with van der Waals surface area (Å²) in [4.78, 5) is 1.87. The van der Waals surface area contributed by atoms with Crippen molar-refractivity contribution in [3.63, 3.8) is 0 Å². The molecule has 0 fully saturated rings. The van der Waals surface area contributed by atoms with Crippen LogP contribution in [0.3, 0.4) is 0 Å². The van der Waals surface area contributed by atoms with E-state index >= 15 is 0 Å². The van der Waals surface area contributed by atoms with E-state index in [1.54, 1.807) is 24.3 Å². The molecule has 0 amide bonds. The number of benzene rings is 1. The van der Waals surface area contributed by atoms with Crippen LogP contribution < -0.4 is 16.4 Å². The van der Waals surface area contributed by atoms with Gasteiger partial charge >= 0.3 is 0 Å². The Kier molecular flexibility index (Phi) is 7.35. The standard InChI is InChI=1S/C13H17N3OS3/c14-11(18)5-7-15-12(19)6-8-16-13(20)9-1-3-10(17)4-2-9/h1-4,17H,5-8H2,(H2,14,18)(H,15,19)(H,16,20). The molecule has 0 radical (unpaired) electrons. The molecule has 1 aromatic carbocycles. The zero-order chi connectivity index (χ0) is 15.0. The summed E-state index contributed by atoms with van der Waals surface area (Å²) in [5.74, 6) is 0.222. The predicted octanol–water partition coefficient (Wildman–Crippen LogP) is 1.64. The van der Waals surface area contributed by atoms with Gasteiger partial charge in [-0.15, -0.1) is 0 Å². The second-order valence-corrected chi connectivity index (χ2v) is 5.54. The lowest BCUT2D eigenvalue weighted by Crippen LogP contribution is -2.30. The molecule has 0 aliphatic heterocycles. The molecule has 0 spiro atoms. The van der Waals surface area contributed by atoms with E-state index in [1.807, 2.05) is 0 Å². The third-order valence-electron chi connectivity index (χ3n) is 2.46. The Labute approximate surface area is 134 Å². The fraction of sp³-hybridized carbons (Fsp3) is 0.308. The molecule has 108 valence electrons. The molecule has 0 unspecified atom stereocenters. The number of phenols is 1. The van der Waals surface area contributed by atoms with Crippen LogP contribution in [0, 0.1) is 0 Å². The normalized spacial score (nSPS) is 9.80. The average molecular weight is 328 g/mol. The highest BCUT2D eigenvalue weighted by atomic mass is 32.1. The highest BCUT2D eigenvalue weighted by molar-refractivity contribution is 7.81. The van der Waals surface area contributed by atoms with Gasteiger partial charge in [-0.2, -0.15) is 0 Å². The molecule has 0 aromatic heterocycles. The third-order valence-corrected chi connectivity index (χ3v) is 3.39. The van der Waals surface area contributed by atoms with Gasteiger partial charge in [-0.05, 0) is 24.3 Å². The van der Waals surface area contributed by atoms with E-state index in [2.05, 4.69) is 10.6 Å². The highest BCUT2D eigenvalue weighted by Gasteiger charge is 2.02. The van der Waals surface area contributed by atoms with Crippen LogP contribution in [-0.4, -0.2) is 33.2 Å². The molecular formula is C13H17N3OS3. The van der Waals surface area contributed by atoms with Crippen molar-refractivity contribution in [2.24, 2.45) is 5.73 Å². The number of nitrogens with two attached hydrogens (primary N) is 1. The van der Waals surface area contributed by atoms with Crippen LogP contribution in [0.25, 0.3) is 0 Å². The number of hydrogen-bond donors (Lipinski definition) is 4. The van der Waals surface area contributed by atoms with Crippen LogP contribution in [0.1, 0.15) is 18.4 Å². The van der Waals surface area contributed by atoms with Crippen molar-refractivity contribution in [3.05, 3.63) is 29.8 Å². The summed E-state index contributed by atoms with van der Waals surface area (Å²) < 4.78 is 0. The van der Waals surface area contributed by atoms with Gasteiger partial charge in [-0.1, -0.05) is 36.7 Å². The molecule has 0 heterocycles. The van der Waals surface area contributed by atoms with Crippen molar-refractivity contribution in [1.82, 2.24) is 10.6 Å². The number of phenolic OH excluding ortho intramolecular Hbond substituents is 1. The van der Waals surface area contributed by atoms with E-state index in [0.29, 0.717) is 35.9 Å². The van der Waals surface area contributed by atoms with Gasteiger partial charge in [-0.3, -0.25) is 0 Å². The Morgan fingerprint density at radius 2 is 1.60 bits per heavy atom. The quantitative estimate of drug-likeness (QED) is 0.568. The van der Waals surface area contributed by atoms with E-state index in [1.165, 1.54) is 0 Å². The van der Waals surface area contributed by atoms with Crippen LogP contribution in [0.5, 0.6) is 5.75 Å². The molecule has 0 bridgehead atoms. The van der Waals surface area contributed by atoms with Crippen molar-refractivity contribution < 1.29 is 5.11 Å². The second kappa shape index (κ2) is 8.78. The Morgan fingerprint density at radius 3 is 2.20 bits per heavy atom. The van der Waals surface area contributed by atoms with Crippen molar-refractivity contribution in [2.45, 2.75) is 12.8 Å². The SMILES string of the molecule is NC(=S)CCNC(=S)CCNC(=S)c1ccc(O)cc1. The topological polar surface area (TPSA) is 70.3 Å². The monoisotopic (exact) mass is 327 g/mol. The maximum absolute atomic E-state index is 9.20. The van der Waals surface area contributed by atoms with Crippen molar-refractivity contribution in [3.8, 4) is 5.75 Å². The molecular weight excluding hydrogens is 310 g/mol. The minimum absolute atomic E-state index is 0.222. The van der Waals surface area contributed by atoms with Gasteiger partial charge in [0.1, 0.15) is 10.7 Å². The van der Waals surface area contributed by atoms with Gasteiger partial charge in [0.25, 0.3) is 0 Å². The molecule has 0 atom stereocenters. The fourth-order valence-electron chi connectivity index (χ4n) is 1.42. The van der Waals surface area contributed by atoms with Crippen molar-refractivity contribution in [1.29, 1.82) is 0 Å². The first-order chi connectivity index (χ1) is 9.49.